The lowest BCUT2D eigenvalue weighted by Crippen LogP contribution is -2.19. The molecule has 33 heavy (non-hydrogen) atoms. The van der Waals surface area contributed by atoms with Gasteiger partial charge < -0.3 is 10.4 Å². The van der Waals surface area contributed by atoms with Crippen LogP contribution in [0.5, 0.6) is 0 Å². The quantitative estimate of drug-likeness (QED) is 0.284. The molecular formula is C20H13N5O5S3. The maximum absolute atomic E-state index is 12.3. The number of hydrogen-bond donors (Lipinski definition) is 2. The molecule has 1 amide bonds. The number of benzene rings is 2. The average molecular weight is 500 g/mol. The molecule has 2 heterocycles. The van der Waals surface area contributed by atoms with Crippen LogP contribution in [0.2, 0.25) is 0 Å². The topological polar surface area (TPSA) is 148 Å². The van der Waals surface area contributed by atoms with E-state index in [2.05, 4.69) is 20.5 Å². The van der Waals surface area contributed by atoms with Gasteiger partial charge in [-0.25, -0.2) is 9.79 Å². The molecule has 4 rings (SSSR count). The lowest BCUT2D eigenvalue weighted by Gasteiger charge is -2.02. The highest BCUT2D eigenvalue weighted by atomic mass is 32.2. The van der Waals surface area contributed by atoms with Gasteiger partial charge in [0, 0.05) is 6.07 Å². The van der Waals surface area contributed by atoms with Crippen molar-refractivity contribution in [3.05, 3.63) is 73.6 Å². The molecule has 2 N–H and O–H groups in total. The summed E-state index contributed by atoms with van der Waals surface area (Å²) in [4.78, 5) is 39.4. The van der Waals surface area contributed by atoms with E-state index in [4.69, 9.17) is 5.11 Å². The number of amidine groups is 1. The third kappa shape index (κ3) is 5.45. The number of carbonyl (C=O) groups is 2. The number of aliphatic imine (C=N–C) groups is 1. The predicted octanol–water partition coefficient (Wildman–Crippen LogP) is 4.50. The van der Waals surface area contributed by atoms with Crippen LogP contribution in [0.15, 0.2) is 61.6 Å². The Morgan fingerprint density at radius 2 is 2.00 bits per heavy atom. The Morgan fingerprint density at radius 1 is 1.24 bits per heavy atom. The molecule has 0 aliphatic carbocycles. The van der Waals surface area contributed by atoms with Gasteiger partial charge in [-0.15, -0.1) is 10.2 Å². The van der Waals surface area contributed by atoms with Crippen molar-refractivity contribution in [2.75, 3.05) is 0 Å². The number of aromatic carboxylic acids is 1. The van der Waals surface area contributed by atoms with Gasteiger partial charge in [0.25, 0.3) is 11.6 Å². The Kier molecular flexibility index (Phi) is 6.53. The van der Waals surface area contributed by atoms with Crippen LogP contribution in [0.25, 0.3) is 6.08 Å². The number of carboxylic acid groups (broad SMARTS) is 1. The standard InChI is InChI=1S/C20H13N5O5S3/c1-10-23-24-20(31-10)33-15-7-2-11(8-14(15)25(29)30)9-16-17(26)22-19(32-16)21-13-5-3-12(4-6-13)18(27)28/h2-9H,1H3,(H,27,28)(H,21,22,26)/b16-9-. The van der Waals surface area contributed by atoms with E-state index in [1.807, 2.05) is 0 Å². The molecule has 1 saturated heterocycles. The first kappa shape index (κ1) is 22.6. The van der Waals surface area contributed by atoms with Gasteiger partial charge in [0.2, 0.25) is 0 Å². The second-order valence-electron chi connectivity index (χ2n) is 6.51. The van der Waals surface area contributed by atoms with Crippen molar-refractivity contribution in [3.8, 4) is 0 Å². The molecule has 1 aliphatic rings. The number of carboxylic acids is 1. The molecule has 1 aliphatic heterocycles. The van der Waals surface area contributed by atoms with Crippen LogP contribution in [0.3, 0.4) is 0 Å². The zero-order valence-electron chi connectivity index (χ0n) is 16.7. The molecule has 10 nitrogen and oxygen atoms in total. The molecule has 1 fully saturated rings. The van der Waals surface area contributed by atoms with Crippen LogP contribution >= 0.6 is 34.9 Å². The van der Waals surface area contributed by atoms with Crippen LogP contribution in [0.4, 0.5) is 11.4 Å². The number of amides is 1. The average Bonchev–Trinajstić information content (AvgIpc) is 3.33. The minimum atomic E-state index is -1.04. The molecule has 0 radical (unpaired) electrons. The van der Waals surface area contributed by atoms with E-state index in [0.717, 1.165) is 28.5 Å². The van der Waals surface area contributed by atoms with Gasteiger partial charge in [-0.1, -0.05) is 29.2 Å². The number of nitrogens with one attached hydrogen (secondary N) is 1. The fourth-order valence-electron chi connectivity index (χ4n) is 2.69. The van der Waals surface area contributed by atoms with Crippen molar-refractivity contribution in [3.63, 3.8) is 0 Å². The van der Waals surface area contributed by atoms with E-state index in [1.165, 1.54) is 41.7 Å². The number of thioether (sulfide) groups is 1. The molecule has 0 atom stereocenters. The Hall–Kier alpha value is -3.55. The van der Waals surface area contributed by atoms with Crippen LogP contribution in [-0.4, -0.2) is 37.3 Å². The number of nitro groups is 1. The molecule has 2 aromatic carbocycles. The molecule has 1 aromatic heterocycles. The zero-order chi connectivity index (χ0) is 23.5. The molecule has 13 heteroatoms. The summed E-state index contributed by atoms with van der Waals surface area (Å²) in [5, 5.41) is 32.2. The number of carbonyl (C=O) groups excluding carboxylic acids is 1. The summed E-state index contributed by atoms with van der Waals surface area (Å²) in [6.45, 7) is 1.80. The number of hydrogen-bond acceptors (Lipinski definition) is 10. The van der Waals surface area contributed by atoms with Crippen molar-refractivity contribution < 1.29 is 19.6 Å². The maximum Gasteiger partial charge on any atom is 0.335 e. The monoisotopic (exact) mass is 499 g/mol. The summed E-state index contributed by atoms with van der Waals surface area (Å²) < 4.78 is 0.602. The van der Waals surface area contributed by atoms with Gasteiger partial charge in [0.1, 0.15) is 5.01 Å². The van der Waals surface area contributed by atoms with Crippen LogP contribution in [0, 0.1) is 17.0 Å². The second kappa shape index (κ2) is 9.52. The smallest absolute Gasteiger partial charge is 0.335 e. The predicted molar refractivity (Wildman–Crippen MR) is 126 cm³/mol. The molecule has 0 unspecified atom stereocenters. The van der Waals surface area contributed by atoms with Gasteiger partial charge in [-0.2, -0.15) is 0 Å². The third-order valence-corrected chi connectivity index (χ3v) is 7.04. The number of rotatable bonds is 6. The first-order chi connectivity index (χ1) is 15.8. The lowest BCUT2D eigenvalue weighted by molar-refractivity contribution is -0.387. The van der Waals surface area contributed by atoms with Crippen molar-refractivity contribution in [2.24, 2.45) is 4.99 Å². The first-order valence-corrected chi connectivity index (χ1v) is 11.6. The largest absolute Gasteiger partial charge is 0.478 e. The van der Waals surface area contributed by atoms with E-state index in [-0.39, 0.29) is 17.2 Å². The summed E-state index contributed by atoms with van der Waals surface area (Å²) in [5.41, 5.74) is 1.00. The van der Waals surface area contributed by atoms with Gasteiger partial charge in [0.05, 0.1) is 26.0 Å². The van der Waals surface area contributed by atoms with Crippen molar-refractivity contribution >= 4 is 69.4 Å². The summed E-state index contributed by atoms with van der Waals surface area (Å²) in [6, 6.07) is 10.6. The summed E-state index contributed by atoms with van der Waals surface area (Å²) in [6.07, 6.45) is 1.55. The van der Waals surface area contributed by atoms with Gasteiger partial charge in [0.15, 0.2) is 9.51 Å². The molecule has 3 aromatic rings. The molecule has 0 bridgehead atoms. The highest BCUT2D eigenvalue weighted by Crippen LogP contribution is 2.37. The highest BCUT2D eigenvalue weighted by Gasteiger charge is 2.25. The first-order valence-electron chi connectivity index (χ1n) is 9.18. The van der Waals surface area contributed by atoms with Crippen molar-refractivity contribution in [1.82, 2.24) is 15.5 Å². The molecule has 0 saturated carbocycles. The second-order valence-corrected chi connectivity index (χ2v) is 10.0. The minimum absolute atomic E-state index is 0.0991. The molecule has 166 valence electrons. The number of nitro benzene ring substituents is 1. The Morgan fingerprint density at radius 3 is 2.64 bits per heavy atom. The van der Waals surface area contributed by atoms with Crippen LogP contribution < -0.4 is 5.32 Å². The number of aryl methyl sites for hydroxylation is 1. The van der Waals surface area contributed by atoms with Gasteiger partial charge >= 0.3 is 5.97 Å². The molecular weight excluding hydrogens is 486 g/mol. The van der Waals surface area contributed by atoms with Crippen molar-refractivity contribution in [2.45, 2.75) is 16.2 Å². The maximum atomic E-state index is 12.3. The van der Waals surface area contributed by atoms with E-state index in [1.54, 1.807) is 25.1 Å². The number of aromatic nitrogens is 2. The lowest BCUT2D eigenvalue weighted by atomic mass is 10.2. The normalized spacial score (nSPS) is 15.7. The minimum Gasteiger partial charge on any atom is -0.478 e. The highest BCUT2D eigenvalue weighted by molar-refractivity contribution is 8.18. The van der Waals surface area contributed by atoms with E-state index in [0.29, 0.717) is 30.6 Å². The van der Waals surface area contributed by atoms with E-state index >= 15 is 0 Å². The summed E-state index contributed by atoms with van der Waals surface area (Å²) in [7, 11) is 0. The van der Waals surface area contributed by atoms with Crippen LogP contribution in [-0.2, 0) is 4.79 Å². The third-order valence-electron chi connectivity index (χ3n) is 4.18. The Balaban J connectivity index is 1.55. The van der Waals surface area contributed by atoms with E-state index < -0.39 is 10.9 Å². The van der Waals surface area contributed by atoms with Crippen molar-refractivity contribution in [1.29, 1.82) is 0 Å². The molecule has 0 spiro atoms. The number of nitrogens with zero attached hydrogens (tertiary/aromatic N) is 4. The summed E-state index contributed by atoms with van der Waals surface area (Å²) in [5.74, 6) is -1.42. The van der Waals surface area contributed by atoms with Gasteiger partial charge in [-0.05, 0) is 60.7 Å². The zero-order valence-corrected chi connectivity index (χ0v) is 19.2. The Bertz CT molecular complexity index is 1330. The summed E-state index contributed by atoms with van der Waals surface area (Å²) >= 11 is 3.59. The fourth-order valence-corrected chi connectivity index (χ4v) is 5.39. The SMILES string of the molecule is Cc1nnc(Sc2ccc(/C=C3\SC(=Nc4ccc(C(=O)O)cc4)NC3=O)cc2[N+](=O)[O-])s1. The Labute approximate surface area is 199 Å². The fraction of sp³-hybridized carbons (Fsp3) is 0.0500. The van der Waals surface area contributed by atoms with Gasteiger partial charge in [-0.3, -0.25) is 14.9 Å². The van der Waals surface area contributed by atoms with E-state index in [9.17, 15) is 19.7 Å². The van der Waals surface area contributed by atoms with Crippen LogP contribution in [0.1, 0.15) is 20.9 Å².